The van der Waals surface area contributed by atoms with Crippen LogP contribution < -0.4 is 4.90 Å². The van der Waals surface area contributed by atoms with Crippen LogP contribution in [0.15, 0.2) is 46.9 Å². The Morgan fingerprint density at radius 3 is 2.78 bits per heavy atom. The second-order valence-corrected chi connectivity index (χ2v) is 6.24. The molecule has 1 aliphatic heterocycles. The molecule has 0 unspecified atom stereocenters. The fraction of sp³-hybridized carbons (Fsp3) is 0.263. The standard InChI is InChI=1S/C19H18N2O6/c1-12-11-14-5-3-4-6-16(14)20(12)19(23)13(2)26-18(22)10-8-15-7-9-17(27-15)21(24)25/h3-10,12-13H,11H2,1-2H3/b10-8+/t12-,13-/m1/s1. The molecule has 1 amide bonds. The molecule has 1 aromatic carbocycles. The molecule has 27 heavy (non-hydrogen) atoms. The lowest BCUT2D eigenvalue weighted by atomic mass is 10.1. The summed E-state index contributed by atoms with van der Waals surface area (Å²) in [5, 5.41) is 10.6. The molecule has 0 radical (unpaired) electrons. The number of nitro groups is 1. The highest BCUT2D eigenvalue weighted by Gasteiger charge is 2.34. The summed E-state index contributed by atoms with van der Waals surface area (Å²) in [6.07, 6.45) is 2.09. The van der Waals surface area contributed by atoms with Gasteiger partial charge in [-0.1, -0.05) is 18.2 Å². The monoisotopic (exact) mass is 370 g/mol. The average molecular weight is 370 g/mol. The Balaban J connectivity index is 1.63. The van der Waals surface area contributed by atoms with Crippen molar-refractivity contribution in [3.63, 3.8) is 0 Å². The number of esters is 1. The second kappa shape index (κ2) is 7.45. The first-order valence-corrected chi connectivity index (χ1v) is 8.40. The predicted molar refractivity (Wildman–Crippen MR) is 97.0 cm³/mol. The molecule has 0 N–H and O–H groups in total. The number of fused-ring (bicyclic) bond motifs is 1. The van der Waals surface area contributed by atoms with Gasteiger partial charge in [0.2, 0.25) is 0 Å². The lowest BCUT2D eigenvalue weighted by molar-refractivity contribution is -0.402. The van der Waals surface area contributed by atoms with E-state index in [0.717, 1.165) is 23.7 Å². The molecule has 3 rings (SSSR count). The first-order valence-electron chi connectivity index (χ1n) is 8.40. The number of para-hydroxylation sites is 1. The normalized spacial score (nSPS) is 17.0. The van der Waals surface area contributed by atoms with Crippen LogP contribution in [0.2, 0.25) is 0 Å². The molecule has 2 atom stereocenters. The zero-order chi connectivity index (χ0) is 19.6. The predicted octanol–water partition coefficient (Wildman–Crippen LogP) is 3.11. The van der Waals surface area contributed by atoms with E-state index < -0.39 is 22.9 Å². The topological polar surface area (TPSA) is 103 Å². The van der Waals surface area contributed by atoms with E-state index in [2.05, 4.69) is 0 Å². The van der Waals surface area contributed by atoms with Gasteiger partial charge in [-0.05, 0) is 44.0 Å². The molecular weight excluding hydrogens is 352 g/mol. The van der Waals surface area contributed by atoms with Crippen LogP contribution in [0.1, 0.15) is 25.2 Å². The van der Waals surface area contributed by atoms with E-state index in [4.69, 9.17) is 9.15 Å². The number of rotatable bonds is 5. The van der Waals surface area contributed by atoms with Crippen LogP contribution in [0.25, 0.3) is 6.08 Å². The van der Waals surface area contributed by atoms with Crippen molar-refractivity contribution >= 4 is 29.5 Å². The van der Waals surface area contributed by atoms with Gasteiger partial charge in [0.05, 0.1) is 6.07 Å². The summed E-state index contributed by atoms with van der Waals surface area (Å²) in [6.45, 7) is 3.45. The van der Waals surface area contributed by atoms with E-state index in [-0.39, 0.29) is 17.7 Å². The molecule has 1 aliphatic rings. The lowest BCUT2D eigenvalue weighted by Crippen LogP contribution is -2.43. The fourth-order valence-electron chi connectivity index (χ4n) is 3.04. The number of furan rings is 1. The van der Waals surface area contributed by atoms with E-state index in [1.165, 1.54) is 25.1 Å². The van der Waals surface area contributed by atoms with Crippen molar-refractivity contribution in [3.8, 4) is 0 Å². The van der Waals surface area contributed by atoms with Gasteiger partial charge in [-0.3, -0.25) is 14.9 Å². The summed E-state index contributed by atoms with van der Waals surface area (Å²) < 4.78 is 10.1. The van der Waals surface area contributed by atoms with Crippen molar-refractivity contribution in [1.29, 1.82) is 0 Å². The minimum atomic E-state index is -0.971. The second-order valence-electron chi connectivity index (χ2n) is 6.24. The number of amides is 1. The number of carbonyl (C=O) groups is 2. The molecular formula is C19H18N2O6. The van der Waals surface area contributed by atoms with Crippen LogP contribution in [-0.4, -0.2) is 28.9 Å². The van der Waals surface area contributed by atoms with Gasteiger partial charge in [-0.15, -0.1) is 0 Å². The van der Waals surface area contributed by atoms with Crippen molar-refractivity contribution < 1.29 is 23.7 Å². The summed E-state index contributed by atoms with van der Waals surface area (Å²) in [6, 6.07) is 10.2. The highest BCUT2D eigenvalue weighted by Crippen LogP contribution is 2.32. The van der Waals surface area contributed by atoms with Gasteiger partial charge in [0.1, 0.15) is 10.7 Å². The maximum atomic E-state index is 12.7. The van der Waals surface area contributed by atoms with Gasteiger partial charge >= 0.3 is 11.9 Å². The number of carbonyl (C=O) groups excluding carboxylic acids is 2. The summed E-state index contributed by atoms with van der Waals surface area (Å²) in [7, 11) is 0. The van der Waals surface area contributed by atoms with Crippen molar-refractivity contribution in [2.75, 3.05) is 4.90 Å². The molecule has 0 saturated carbocycles. The van der Waals surface area contributed by atoms with Crippen LogP contribution in [0, 0.1) is 10.1 Å². The maximum Gasteiger partial charge on any atom is 0.433 e. The molecule has 0 aliphatic carbocycles. The molecule has 2 heterocycles. The van der Waals surface area contributed by atoms with E-state index in [0.29, 0.717) is 0 Å². The minimum absolute atomic E-state index is 0.0183. The van der Waals surface area contributed by atoms with E-state index >= 15 is 0 Å². The number of anilines is 1. The number of hydrogen-bond donors (Lipinski definition) is 0. The van der Waals surface area contributed by atoms with Gasteiger partial charge in [-0.25, -0.2) is 4.79 Å². The third kappa shape index (κ3) is 3.89. The third-order valence-corrected chi connectivity index (χ3v) is 4.26. The smallest absolute Gasteiger partial charge is 0.433 e. The molecule has 2 aromatic rings. The molecule has 140 valence electrons. The minimum Gasteiger partial charge on any atom is -0.449 e. The summed E-state index contributed by atoms with van der Waals surface area (Å²) in [4.78, 5) is 36.2. The Morgan fingerprint density at radius 2 is 2.07 bits per heavy atom. The zero-order valence-electron chi connectivity index (χ0n) is 14.8. The van der Waals surface area contributed by atoms with Crippen molar-refractivity contribution in [3.05, 3.63) is 63.9 Å². The maximum absolute atomic E-state index is 12.7. The van der Waals surface area contributed by atoms with Gasteiger partial charge < -0.3 is 14.1 Å². The summed E-state index contributed by atoms with van der Waals surface area (Å²) >= 11 is 0. The van der Waals surface area contributed by atoms with Crippen molar-refractivity contribution in [2.24, 2.45) is 0 Å². The Morgan fingerprint density at radius 1 is 1.33 bits per heavy atom. The SMILES string of the molecule is C[C@@H]1Cc2ccccc2N1C(=O)[C@@H](C)OC(=O)/C=C/c1ccc([N+](=O)[O-])o1. The number of nitrogens with zero attached hydrogens (tertiary/aromatic N) is 2. The number of ether oxygens (including phenoxy) is 1. The largest absolute Gasteiger partial charge is 0.449 e. The van der Waals surface area contributed by atoms with Gasteiger partial charge in [-0.2, -0.15) is 0 Å². The molecule has 1 aromatic heterocycles. The Bertz CT molecular complexity index is 916. The van der Waals surface area contributed by atoms with Gasteiger partial charge in [0.15, 0.2) is 6.10 Å². The summed E-state index contributed by atoms with van der Waals surface area (Å²) in [5.41, 5.74) is 1.91. The van der Waals surface area contributed by atoms with Crippen LogP contribution in [0.5, 0.6) is 0 Å². The first-order chi connectivity index (χ1) is 12.9. The highest BCUT2D eigenvalue weighted by atomic mass is 16.6. The fourth-order valence-corrected chi connectivity index (χ4v) is 3.04. The van der Waals surface area contributed by atoms with E-state index in [1.807, 2.05) is 31.2 Å². The molecule has 0 fully saturated rings. The summed E-state index contributed by atoms with van der Waals surface area (Å²) in [5.74, 6) is -1.33. The Kier molecular flexibility index (Phi) is 5.07. The first kappa shape index (κ1) is 18.4. The lowest BCUT2D eigenvalue weighted by Gasteiger charge is -2.25. The average Bonchev–Trinajstić information content (AvgIpc) is 3.23. The van der Waals surface area contributed by atoms with Gasteiger partial charge in [0, 0.05) is 17.8 Å². The molecule has 8 heteroatoms. The van der Waals surface area contributed by atoms with Gasteiger partial charge in [0.25, 0.3) is 5.91 Å². The van der Waals surface area contributed by atoms with Crippen LogP contribution >= 0.6 is 0 Å². The van der Waals surface area contributed by atoms with Crippen LogP contribution in [-0.2, 0) is 20.7 Å². The Hall–Kier alpha value is -3.42. The molecule has 8 nitrogen and oxygen atoms in total. The van der Waals surface area contributed by atoms with Crippen LogP contribution in [0.3, 0.4) is 0 Å². The van der Waals surface area contributed by atoms with Crippen molar-refractivity contribution in [1.82, 2.24) is 0 Å². The molecule has 0 saturated heterocycles. The quantitative estimate of drug-likeness (QED) is 0.347. The Labute approximate surface area is 155 Å². The molecule has 0 spiro atoms. The third-order valence-electron chi connectivity index (χ3n) is 4.26. The van der Waals surface area contributed by atoms with Crippen molar-refractivity contribution in [2.45, 2.75) is 32.4 Å². The zero-order valence-corrected chi connectivity index (χ0v) is 14.8. The van der Waals surface area contributed by atoms with E-state index in [1.54, 1.807) is 4.90 Å². The van der Waals surface area contributed by atoms with E-state index in [9.17, 15) is 19.7 Å². The number of hydrogen-bond acceptors (Lipinski definition) is 6. The number of benzene rings is 1. The molecule has 0 bridgehead atoms. The highest BCUT2D eigenvalue weighted by molar-refractivity contribution is 6.00. The van der Waals surface area contributed by atoms with Crippen LogP contribution in [0.4, 0.5) is 11.6 Å².